The number of carbonyl (C=O) groups is 1. The fourth-order valence-corrected chi connectivity index (χ4v) is 0.916. The Morgan fingerprint density at radius 2 is 1.88 bits per heavy atom. The van der Waals surface area contributed by atoms with Gasteiger partial charge in [0.05, 0.1) is 10.4 Å². The van der Waals surface area contributed by atoms with Gasteiger partial charge >= 0.3 is 6.18 Å². The van der Waals surface area contributed by atoms with Crippen molar-refractivity contribution in [3.05, 3.63) is 0 Å². The fraction of sp³-hybridized carbons (Fsp3) is 0.778. The lowest BCUT2D eigenvalue weighted by molar-refractivity contribution is -0.136. The number of nitrogens with two attached hydrogens (primary N) is 1. The van der Waals surface area contributed by atoms with Crippen LogP contribution in [-0.2, 0) is 4.79 Å². The first-order chi connectivity index (χ1) is 7.07. The summed E-state index contributed by atoms with van der Waals surface area (Å²) in [7, 11) is 0. The minimum Gasteiger partial charge on any atom is -0.392 e. The number of rotatable bonds is 5. The highest BCUT2D eigenvalue weighted by atomic mass is 32.1. The Balaban J connectivity index is 3.96. The van der Waals surface area contributed by atoms with Crippen LogP contribution >= 0.6 is 12.2 Å². The first-order valence-electron chi connectivity index (χ1n) is 4.72. The fourth-order valence-electron chi connectivity index (χ4n) is 0.824. The average molecular weight is 256 g/mol. The van der Waals surface area contributed by atoms with Gasteiger partial charge in [-0.3, -0.25) is 4.79 Å². The highest BCUT2D eigenvalue weighted by molar-refractivity contribution is 7.80. The maximum absolute atomic E-state index is 11.8. The van der Waals surface area contributed by atoms with Crippen LogP contribution in [0, 0.1) is 5.41 Å². The van der Waals surface area contributed by atoms with E-state index in [2.05, 4.69) is 17.5 Å². The molecule has 0 saturated heterocycles. The maximum Gasteiger partial charge on any atom is 0.389 e. The van der Waals surface area contributed by atoms with Gasteiger partial charge in [-0.2, -0.15) is 13.2 Å². The van der Waals surface area contributed by atoms with Crippen LogP contribution in [0.15, 0.2) is 0 Å². The molecule has 7 heteroatoms. The van der Waals surface area contributed by atoms with Crippen LogP contribution < -0.4 is 11.1 Å². The van der Waals surface area contributed by atoms with Gasteiger partial charge in [0.2, 0.25) is 5.91 Å². The van der Waals surface area contributed by atoms with E-state index in [4.69, 9.17) is 5.73 Å². The van der Waals surface area contributed by atoms with Gasteiger partial charge in [0, 0.05) is 13.0 Å². The Bertz CT molecular complexity index is 276. The van der Waals surface area contributed by atoms with E-state index in [-0.39, 0.29) is 18.0 Å². The summed E-state index contributed by atoms with van der Waals surface area (Å²) >= 11 is 4.68. The zero-order valence-electron chi connectivity index (χ0n) is 9.15. The van der Waals surface area contributed by atoms with Gasteiger partial charge in [0.15, 0.2) is 0 Å². The minimum absolute atomic E-state index is 0.0146. The molecular weight excluding hydrogens is 241 g/mol. The molecule has 0 heterocycles. The zero-order valence-corrected chi connectivity index (χ0v) is 9.97. The summed E-state index contributed by atoms with van der Waals surface area (Å²) in [6.07, 6.45) is -5.26. The van der Waals surface area contributed by atoms with Gasteiger partial charge in [-0.15, -0.1) is 0 Å². The minimum atomic E-state index is -4.19. The maximum atomic E-state index is 11.8. The number of halogens is 3. The summed E-state index contributed by atoms with van der Waals surface area (Å²) < 4.78 is 35.4. The van der Waals surface area contributed by atoms with Crippen LogP contribution in [0.25, 0.3) is 0 Å². The molecule has 0 unspecified atom stereocenters. The van der Waals surface area contributed by atoms with Crippen LogP contribution in [0.5, 0.6) is 0 Å². The standard InChI is InChI=1S/C9H15F3N2OS/c1-8(2,6(13)16)7(15)14-5-3-4-9(10,11)12/h3-5H2,1-2H3,(H2,13,16)(H,14,15). The van der Waals surface area contributed by atoms with E-state index < -0.39 is 23.9 Å². The van der Waals surface area contributed by atoms with Gasteiger partial charge in [0.1, 0.15) is 0 Å². The number of hydrogen-bond acceptors (Lipinski definition) is 2. The number of thiocarbonyl (C=S) groups is 1. The molecule has 0 bridgehead atoms. The average Bonchev–Trinajstić information content (AvgIpc) is 2.10. The Hall–Kier alpha value is -0.850. The zero-order chi connectivity index (χ0) is 13.0. The van der Waals surface area contributed by atoms with E-state index in [1.165, 1.54) is 13.8 Å². The largest absolute Gasteiger partial charge is 0.392 e. The van der Waals surface area contributed by atoms with Gasteiger partial charge in [-0.25, -0.2) is 0 Å². The Labute approximate surface area is 97.6 Å². The molecule has 0 spiro atoms. The molecule has 0 aromatic heterocycles. The number of alkyl halides is 3. The normalized spacial score (nSPS) is 12.3. The lowest BCUT2D eigenvalue weighted by atomic mass is 9.92. The summed E-state index contributed by atoms with van der Waals surface area (Å²) in [5.41, 5.74) is 4.30. The van der Waals surface area contributed by atoms with Crippen molar-refractivity contribution in [1.82, 2.24) is 5.32 Å². The highest BCUT2D eigenvalue weighted by Crippen LogP contribution is 2.21. The van der Waals surface area contributed by atoms with Crippen molar-refractivity contribution in [3.8, 4) is 0 Å². The second kappa shape index (κ2) is 5.47. The molecule has 0 rings (SSSR count). The lowest BCUT2D eigenvalue weighted by Gasteiger charge is -2.21. The number of carbonyl (C=O) groups excluding carboxylic acids is 1. The van der Waals surface area contributed by atoms with Crippen molar-refractivity contribution in [2.75, 3.05) is 6.54 Å². The second-order valence-electron chi connectivity index (χ2n) is 3.96. The third-order valence-electron chi connectivity index (χ3n) is 2.11. The SMILES string of the molecule is CC(C)(C(=O)NCCCC(F)(F)F)C(N)=S. The smallest absolute Gasteiger partial charge is 0.389 e. The van der Waals surface area contributed by atoms with Gasteiger partial charge < -0.3 is 11.1 Å². The molecule has 0 aliphatic heterocycles. The number of hydrogen-bond donors (Lipinski definition) is 2. The monoisotopic (exact) mass is 256 g/mol. The molecule has 0 fully saturated rings. The molecule has 0 aliphatic carbocycles. The summed E-state index contributed by atoms with van der Waals surface area (Å²) in [6, 6.07) is 0. The van der Waals surface area contributed by atoms with Crippen molar-refractivity contribution >= 4 is 23.1 Å². The van der Waals surface area contributed by atoms with Crippen LogP contribution in [0.4, 0.5) is 13.2 Å². The molecule has 16 heavy (non-hydrogen) atoms. The first kappa shape index (κ1) is 15.2. The lowest BCUT2D eigenvalue weighted by Crippen LogP contribution is -2.45. The predicted molar refractivity (Wildman–Crippen MR) is 58.9 cm³/mol. The molecule has 94 valence electrons. The van der Waals surface area contributed by atoms with E-state index in [9.17, 15) is 18.0 Å². The van der Waals surface area contributed by atoms with Gasteiger partial charge in [0.25, 0.3) is 0 Å². The topological polar surface area (TPSA) is 55.1 Å². The molecule has 0 saturated carbocycles. The molecule has 0 aliphatic rings. The molecule has 3 N–H and O–H groups in total. The molecule has 0 radical (unpaired) electrons. The van der Waals surface area contributed by atoms with E-state index >= 15 is 0 Å². The van der Waals surface area contributed by atoms with Crippen molar-refractivity contribution in [3.63, 3.8) is 0 Å². The third kappa shape index (κ3) is 5.29. The predicted octanol–water partition coefficient (Wildman–Crippen LogP) is 1.76. The molecule has 0 atom stereocenters. The van der Waals surface area contributed by atoms with Crippen molar-refractivity contribution in [2.24, 2.45) is 11.1 Å². The molecular formula is C9H15F3N2OS. The summed E-state index contributed by atoms with van der Waals surface area (Å²) in [4.78, 5) is 11.5. The van der Waals surface area contributed by atoms with Crippen LogP contribution in [0.2, 0.25) is 0 Å². The summed E-state index contributed by atoms with van der Waals surface area (Å²) in [5.74, 6) is -0.456. The van der Waals surface area contributed by atoms with Crippen molar-refractivity contribution < 1.29 is 18.0 Å². The van der Waals surface area contributed by atoms with Crippen molar-refractivity contribution in [1.29, 1.82) is 0 Å². The summed E-state index contributed by atoms with van der Waals surface area (Å²) in [6.45, 7) is 3.01. The van der Waals surface area contributed by atoms with E-state index in [0.29, 0.717) is 0 Å². The van der Waals surface area contributed by atoms with Crippen molar-refractivity contribution in [2.45, 2.75) is 32.9 Å². The van der Waals surface area contributed by atoms with Crippen LogP contribution in [-0.4, -0.2) is 23.6 Å². The van der Waals surface area contributed by atoms with Gasteiger partial charge in [-0.1, -0.05) is 12.2 Å². The Morgan fingerprint density at radius 3 is 2.25 bits per heavy atom. The molecule has 0 aromatic carbocycles. The third-order valence-corrected chi connectivity index (χ3v) is 2.62. The van der Waals surface area contributed by atoms with Crippen LogP contribution in [0.1, 0.15) is 26.7 Å². The van der Waals surface area contributed by atoms with E-state index in [1.54, 1.807) is 0 Å². The highest BCUT2D eigenvalue weighted by Gasteiger charge is 2.31. The molecule has 0 aromatic rings. The Morgan fingerprint density at radius 1 is 1.38 bits per heavy atom. The van der Waals surface area contributed by atoms with E-state index in [1.807, 2.05) is 0 Å². The number of nitrogens with one attached hydrogen (secondary N) is 1. The Kier molecular flexibility index (Phi) is 5.18. The first-order valence-corrected chi connectivity index (χ1v) is 5.13. The quantitative estimate of drug-likeness (QED) is 0.582. The molecule has 3 nitrogen and oxygen atoms in total. The summed E-state index contributed by atoms with van der Waals surface area (Å²) in [5, 5.41) is 2.37. The molecule has 1 amide bonds. The van der Waals surface area contributed by atoms with Gasteiger partial charge in [-0.05, 0) is 20.3 Å². The van der Waals surface area contributed by atoms with E-state index in [0.717, 1.165) is 0 Å². The number of amides is 1. The second-order valence-corrected chi connectivity index (χ2v) is 4.40. The van der Waals surface area contributed by atoms with Crippen LogP contribution in [0.3, 0.4) is 0 Å².